The second kappa shape index (κ2) is 6.84. The first kappa shape index (κ1) is 19.7. The highest BCUT2D eigenvalue weighted by Gasteiger charge is 2.35. The fraction of sp³-hybridized carbons (Fsp3) is 0.222. The Kier molecular flexibility index (Phi) is 4.82. The normalized spacial score (nSPS) is 12.0. The van der Waals surface area contributed by atoms with Crippen molar-refractivity contribution in [3.63, 3.8) is 0 Å². The predicted molar refractivity (Wildman–Crippen MR) is 86.2 cm³/mol. The summed E-state index contributed by atoms with van der Waals surface area (Å²) < 4.78 is 83.1. The van der Waals surface area contributed by atoms with E-state index in [4.69, 9.17) is 5.11 Å². The lowest BCUT2D eigenvalue weighted by Crippen LogP contribution is -2.14. The van der Waals surface area contributed by atoms with Crippen molar-refractivity contribution in [1.29, 1.82) is 0 Å². The van der Waals surface area contributed by atoms with E-state index < -0.39 is 59.3 Å². The van der Waals surface area contributed by atoms with Crippen LogP contribution in [0.4, 0.5) is 26.3 Å². The Balaban J connectivity index is 2.21. The zero-order chi connectivity index (χ0) is 20.8. The lowest BCUT2D eigenvalue weighted by Gasteiger charge is -2.14. The molecule has 3 rings (SSSR count). The summed E-state index contributed by atoms with van der Waals surface area (Å²) in [6, 6.07) is 3.45. The molecule has 0 radical (unpaired) electrons. The number of nitrogens with zero attached hydrogens (tertiary/aromatic N) is 2. The van der Waals surface area contributed by atoms with Gasteiger partial charge in [0, 0.05) is 11.1 Å². The minimum atomic E-state index is -4.83. The van der Waals surface area contributed by atoms with Gasteiger partial charge < -0.3 is 5.11 Å². The third-order valence-corrected chi connectivity index (χ3v) is 4.25. The van der Waals surface area contributed by atoms with Gasteiger partial charge in [-0.3, -0.25) is 9.48 Å². The van der Waals surface area contributed by atoms with Crippen LogP contribution in [0, 0.1) is 24.4 Å². The maximum absolute atomic E-state index is 14.4. The van der Waals surface area contributed by atoms with Gasteiger partial charge in [-0.15, -0.1) is 0 Å². The lowest BCUT2D eigenvalue weighted by molar-refractivity contribution is -0.138. The molecule has 4 nitrogen and oxygen atoms in total. The van der Waals surface area contributed by atoms with Crippen molar-refractivity contribution < 1.29 is 36.2 Å². The molecule has 0 bridgehead atoms. The standard InChI is InChI=1S/C18H12F6N2O2/c1-8-15-13(5-9(6-14(27)28)16(20)17(15)21)26(25-8)7-10-11(18(22,23)24)3-2-4-12(10)19/h2-5H,6-7H2,1H3,(H,27,28). The van der Waals surface area contributed by atoms with E-state index in [1.54, 1.807) is 0 Å². The van der Waals surface area contributed by atoms with Crippen LogP contribution >= 0.6 is 0 Å². The SMILES string of the molecule is Cc1nn(Cc2c(F)cccc2C(F)(F)F)c2cc(CC(=O)O)c(F)c(F)c12. The van der Waals surface area contributed by atoms with Crippen LogP contribution in [0.1, 0.15) is 22.4 Å². The number of hydrogen-bond donors (Lipinski definition) is 1. The van der Waals surface area contributed by atoms with Crippen LogP contribution in [0.3, 0.4) is 0 Å². The van der Waals surface area contributed by atoms with Gasteiger partial charge in [0.15, 0.2) is 11.6 Å². The van der Waals surface area contributed by atoms with Gasteiger partial charge in [-0.1, -0.05) is 6.07 Å². The summed E-state index contributed by atoms with van der Waals surface area (Å²) in [5.41, 5.74) is -2.60. The minimum Gasteiger partial charge on any atom is -0.481 e. The van der Waals surface area contributed by atoms with Crippen molar-refractivity contribution in [2.75, 3.05) is 0 Å². The third-order valence-electron chi connectivity index (χ3n) is 4.25. The van der Waals surface area contributed by atoms with Crippen LogP contribution < -0.4 is 0 Å². The maximum Gasteiger partial charge on any atom is 0.416 e. The molecule has 1 N–H and O–H groups in total. The third kappa shape index (κ3) is 3.41. The number of aliphatic carboxylic acids is 1. The number of carbonyl (C=O) groups is 1. The molecule has 0 aliphatic carbocycles. The molecule has 0 saturated heterocycles. The summed E-state index contributed by atoms with van der Waals surface area (Å²) >= 11 is 0. The maximum atomic E-state index is 14.4. The van der Waals surface area contributed by atoms with E-state index >= 15 is 0 Å². The molecule has 3 aromatic rings. The van der Waals surface area contributed by atoms with Gasteiger partial charge in [0.05, 0.1) is 35.1 Å². The fourth-order valence-corrected chi connectivity index (χ4v) is 3.04. The van der Waals surface area contributed by atoms with E-state index in [1.165, 1.54) is 6.92 Å². The second-order valence-electron chi connectivity index (χ2n) is 6.14. The molecule has 0 saturated carbocycles. The first-order valence-corrected chi connectivity index (χ1v) is 7.91. The molecule has 0 aliphatic heterocycles. The Morgan fingerprint density at radius 1 is 1.18 bits per heavy atom. The van der Waals surface area contributed by atoms with Crippen molar-refractivity contribution in [2.45, 2.75) is 26.1 Å². The smallest absolute Gasteiger partial charge is 0.416 e. The topological polar surface area (TPSA) is 55.1 Å². The summed E-state index contributed by atoms with van der Waals surface area (Å²) in [4.78, 5) is 10.9. The van der Waals surface area contributed by atoms with Gasteiger partial charge >= 0.3 is 12.1 Å². The molecule has 0 unspecified atom stereocenters. The molecule has 1 aromatic heterocycles. The number of carboxylic acids is 1. The highest BCUT2D eigenvalue weighted by molar-refractivity contribution is 5.84. The fourth-order valence-electron chi connectivity index (χ4n) is 3.04. The van der Waals surface area contributed by atoms with Gasteiger partial charge in [-0.25, -0.2) is 13.2 Å². The number of hydrogen-bond acceptors (Lipinski definition) is 2. The number of carboxylic acid groups (broad SMARTS) is 1. The van der Waals surface area contributed by atoms with E-state index in [2.05, 4.69) is 5.10 Å². The summed E-state index contributed by atoms with van der Waals surface area (Å²) in [7, 11) is 0. The van der Waals surface area contributed by atoms with E-state index in [-0.39, 0.29) is 16.6 Å². The first-order valence-electron chi connectivity index (χ1n) is 7.91. The summed E-state index contributed by atoms with van der Waals surface area (Å²) in [6.07, 6.45) is -5.67. The number of halogens is 6. The van der Waals surface area contributed by atoms with E-state index in [1.807, 2.05) is 0 Å². The number of benzene rings is 2. The van der Waals surface area contributed by atoms with Crippen LogP contribution in [0.15, 0.2) is 24.3 Å². The van der Waals surface area contributed by atoms with Crippen molar-refractivity contribution in [1.82, 2.24) is 9.78 Å². The van der Waals surface area contributed by atoms with Crippen molar-refractivity contribution in [3.05, 3.63) is 64.1 Å². The van der Waals surface area contributed by atoms with Gasteiger partial charge in [-0.05, 0) is 25.1 Å². The van der Waals surface area contributed by atoms with E-state index in [0.717, 1.165) is 22.9 Å². The van der Waals surface area contributed by atoms with Crippen LogP contribution in [0.5, 0.6) is 0 Å². The van der Waals surface area contributed by atoms with Crippen LogP contribution in [-0.2, 0) is 23.9 Å². The average molecular weight is 402 g/mol. The predicted octanol–water partition coefficient (Wildman–Crippen LogP) is 4.46. The van der Waals surface area contributed by atoms with Gasteiger partial charge in [0.25, 0.3) is 0 Å². The Labute approximate surface area is 154 Å². The van der Waals surface area contributed by atoms with Crippen molar-refractivity contribution in [3.8, 4) is 0 Å². The quantitative estimate of drug-likeness (QED) is 0.656. The zero-order valence-electron chi connectivity index (χ0n) is 14.2. The zero-order valence-corrected chi connectivity index (χ0v) is 14.2. The number of fused-ring (bicyclic) bond motifs is 1. The lowest BCUT2D eigenvalue weighted by atomic mass is 10.1. The van der Waals surface area contributed by atoms with Crippen LogP contribution in [-0.4, -0.2) is 20.9 Å². The molecule has 148 valence electrons. The average Bonchev–Trinajstić information content (AvgIpc) is 2.88. The highest BCUT2D eigenvalue weighted by Crippen LogP contribution is 2.34. The Morgan fingerprint density at radius 2 is 1.86 bits per heavy atom. The van der Waals surface area contributed by atoms with Gasteiger partial charge in [-0.2, -0.15) is 18.3 Å². The van der Waals surface area contributed by atoms with Crippen molar-refractivity contribution in [2.24, 2.45) is 0 Å². The summed E-state index contributed by atoms with van der Waals surface area (Å²) in [5.74, 6) is -5.29. The van der Waals surface area contributed by atoms with Gasteiger partial charge in [0.1, 0.15) is 5.82 Å². The van der Waals surface area contributed by atoms with Gasteiger partial charge in [0.2, 0.25) is 0 Å². The molecule has 10 heteroatoms. The van der Waals surface area contributed by atoms with Crippen LogP contribution in [0.25, 0.3) is 10.9 Å². The minimum absolute atomic E-state index is 0.0295. The van der Waals surface area contributed by atoms with E-state index in [9.17, 15) is 31.1 Å². The molecule has 2 aromatic carbocycles. The highest BCUT2D eigenvalue weighted by atomic mass is 19.4. The largest absolute Gasteiger partial charge is 0.481 e. The molecule has 28 heavy (non-hydrogen) atoms. The number of aromatic nitrogens is 2. The molecule has 0 amide bonds. The van der Waals surface area contributed by atoms with Crippen molar-refractivity contribution >= 4 is 16.9 Å². The summed E-state index contributed by atoms with van der Waals surface area (Å²) in [6.45, 7) is 0.605. The molecular formula is C18H12F6N2O2. The monoisotopic (exact) mass is 402 g/mol. The second-order valence-corrected chi connectivity index (χ2v) is 6.14. The number of alkyl halides is 3. The van der Waals surface area contributed by atoms with E-state index in [0.29, 0.717) is 6.07 Å². The molecular weight excluding hydrogens is 390 g/mol. The molecule has 0 spiro atoms. The Bertz CT molecular complexity index is 1090. The first-order chi connectivity index (χ1) is 13.0. The summed E-state index contributed by atoms with van der Waals surface area (Å²) in [5, 5.41) is 12.4. The number of rotatable bonds is 4. The Morgan fingerprint density at radius 3 is 2.46 bits per heavy atom. The van der Waals surface area contributed by atoms with Crippen LogP contribution in [0.2, 0.25) is 0 Å². The molecule has 1 heterocycles. The molecule has 0 atom stereocenters. The number of aryl methyl sites for hydroxylation is 1. The Hall–Kier alpha value is -3.04. The molecule has 0 aliphatic rings. The molecule has 0 fully saturated rings.